The molecule has 5 rings (SSSR count). The summed E-state index contributed by atoms with van der Waals surface area (Å²) >= 11 is 9.69. The number of hydrogen-bond acceptors (Lipinski definition) is 6. The van der Waals surface area contributed by atoms with Gasteiger partial charge in [0.25, 0.3) is 11.2 Å². The summed E-state index contributed by atoms with van der Waals surface area (Å²) in [4.78, 5) is 29.5. The summed E-state index contributed by atoms with van der Waals surface area (Å²) in [5.74, 6) is 1.08. The minimum atomic E-state index is -0.482. The highest BCUT2D eigenvalue weighted by Crippen LogP contribution is 2.32. The second kappa shape index (κ2) is 11.4. The third-order valence-corrected chi connectivity index (χ3v) is 7.52. The Bertz CT molecular complexity index is 1600. The van der Waals surface area contributed by atoms with E-state index in [2.05, 4.69) is 21.0 Å². The topological polar surface area (TPSA) is 99.6 Å². The number of nitro groups is 1. The van der Waals surface area contributed by atoms with Crippen LogP contribution in [0.2, 0.25) is 5.02 Å². The lowest BCUT2D eigenvalue weighted by molar-refractivity contribution is -0.384. The van der Waals surface area contributed by atoms with Gasteiger partial charge in [-0.3, -0.25) is 14.9 Å². The molecule has 0 unspecified atom stereocenters. The fourth-order valence-corrected chi connectivity index (χ4v) is 5.23. The first-order valence-corrected chi connectivity index (χ1v) is 13.5. The van der Waals surface area contributed by atoms with Gasteiger partial charge in [0, 0.05) is 38.7 Å². The van der Waals surface area contributed by atoms with Crippen LogP contribution in [0, 0.1) is 10.1 Å². The number of non-ortho nitro benzene ring substituents is 1. The molecule has 10 heteroatoms. The highest BCUT2D eigenvalue weighted by atomic mass is 79.9. The molecule has 1 aliphatic rings. The largest absolute Gasteiger partial charge is 0.488 e. The van der Waals surface area contributed by atoms with Crippen molar-refractivity contribution in [2.75, 3.05) is 0 Å². The van der Waals surface area contributed by atoms with Crippen LogP contribution in [-0.4, -0.2) is 20.8 Å². The Morgan fingerprint density at radius 1 is 1.13 bits per heavy atom. The van der Waals surface area contributed by atoms with E-state index in [1.807, 2.05) is 30.3 Å². The van der Waals surface area contributed by atoms with Gasteiger partial charge in [-0.05, 0) is 43.2 Å². The number of fused-ring (bicyclic) bond motifs is 1. The van der Waals surface area contributed by atoms with Crippen LogP contribution in [0.25, 0.3) is 10.9 Å². The van der Waals surface area contributed by atoms with Crippen molar-refractivity contribution in [1.82, 2.24) is 9.66 Å². The maximum atomic E-state index is 13.6. The number of hydrogen-bond donors (Lipinski definition) is 0. The SMILES string of the molecule is O=c1c2cc(Br)ccc2nc(C2CCCCC2)n1N=Cc1cc([N+](=O)[O-])ccc1OCc1ccccc1Cl. The van der Waals surface area contributed by atoms with Gasteiger partial charge >= 0.3 is 0 Å². The normalized spacial score (nSPS) is 14.3. The second-order valence-electron chi connectivity index (χ2n) is 9.19. The van der Waals surface area contributed by atoms with Gasteiger partial charge in [-0.15, -0.1) is 0 Å². The zero-order valence-corrected chi connectivity index (χ0v) is 22.7. The molecule has 0 N–H and O–H groups in total. The first kappa shape index (κ1) is 26.1. The summed E-state index contributed by atoms with van der Waals surface area (Å²) in [6.07, 6.45) is 6.56. The van der Waals surface area contributed by atoms with Gasteiger partial charge in [-0.1, -0.05) is 65.0 Å². The highest BCUT2D eigenvalue weighted by molar-refractivity contribution is 9.10. The van der Waals surface area contributed by atoms with E-state index in [9.17, 15) is 14.9 Å². The van der Waals surface area contributed by atoms with Crippen molar-refractivity contribution in [1.29, 1.82) is 0 Å². The van der Waals surface area contributed by atoms with E-state index in [4.69, 9.17) is 21.3 Å². The minimum Gasteiger partial charge on any atom is -0.488 e. The lowest BCUT2D eigenvalue weighted by Gasteiger charge is -2.22. The lowest BCUT2D eigenvalue weighted by Crippen LogP contribution is -2.25. The van der Waals surface area contributed by atoms with Crippen LogP contribution in [0.5, 0.6) is 5.75 Å². The number of benzene rings is 3. The number of nitrogens with zero attached hydrogens (tertiary/aromatic N) is 4. The van der Waals surface area contributed by atoms with E-state index >= 15 is 0 Å². The number of nitro benzene ring substituents is 1. The molecule has 0 atom stereocenters. The summed E-state index contributed by atoms with van der Waals surface area (Å²) in [7, 11) is 0. The number of halogens is 2. The molecule has 3 aromatic carbocycles. The fraction of sp³-hybridized carbons (Fsp3) is 0.250. The van der Waals surface area contributed by atoms with Gasteiger partial charge in [-0.25, -0.2) is 4.98 Å². The van der Waals surface area contributed by atoms with Crippen LogP contribution in [0.1, 0.15) is 55.0 Å². The van der Waals surface area contributed by atoms with Crippen LogP contribution < -0.4 is 10.3 Å². The highest BCUT2D eigenvalue weighted by Gasteiger charge is 2.23. The Kier molecular flexibility index (Phi) is 7.85. The molecule has 1 aliphatic carbocycles. The number of rotatable bonds is 7. The zero-order valence-electron chi connectivity index (χ0n) is 20.3. The number of aromatic nitrogens is 2. The van der Waals surface area contributed by atoms with Crippen molar-refractivity contribution in [3.63, 3.8) is 0 Å². The van der Waals surface area contributed by atoms with Crippen LogP contribution >= 0.6 is 27.5 Å². The van der Waals surface area contributed by atoms with Gasteiger partial charge in [0.05, 0.1) is 22.0 Å². The monoisotopic (exact) mass is 594 g/mol. The molecule has 194 valence electrons. The van der Waals surface area contributed by atoms with E-state index in [-0.39, 0.29) is 23.8 Å². The van der Waals surface area contributed by atoms with Gasteiger partial charge in [0.2, 0.25) is 0 Å². The van der Waals surface area contributed by atoms with Crippen molar-refractivity contribution in [3.8, 4) is 5.75 Å². The van der Waals surface area contributed by atoms with Gasteiger partial charge in [-0.2, -0.15) is 9.78 Å². The van der Waals surface area contributed by atoms with Crippen molar-refractivity contribution in [3.05, 3.63) is 108 Å². The van der Waals surface area contributed by atoms with Crippen molar-refractivity contribution in [2.45, 2.75) is 44.6 Å². The third-order valence-electron chi connectivity index (χ3n) is 6.66. The third kappa shape index (κ3) is 5.63. The van der Waals surface area contributed by atoms with E-state index in [0.29, 0.717) is 33.1 Å². The lowest BCUT2D eigenvalue weighted by atomic mass is 9.88. The van der Waals surface area contributed by atoms with Crippen molar-refractivity contribution in [2.24, 2.45) is 5.10 Å². The smallest absolute Gasteiger partial charge is 0.282 e. The molecule has 0 spiro atoms. The first-order chi connectivity index (χ1) is 18.4. The molecule has 1 aromatic heterocycles. The average Bonchev–Trinajstić information content (AvgIpc) is 2.93. The molecular weight excluding hydrogens is 572 g/mol. The van der Waals surface area contributed by atoms with Crippen LogP contribution in [0.4, 0.5) is 5.69 Å². The first-order valence-electron chi connectivity index (χ1n) is 12.3. The maximum absolute atomic E-state index is 13.6. The molecule has 1 fully saturated rings. The standard InChI is InChI=1S/C28H24BrClN4O4/c29-21-10-12-25-23(15-21)28(35)33(27(32-25)18-6-2-1-3-7-18)31-16-20-14-22(34(36)37)11-13-26(20)38-17-19-8-4-5-9-24(19)30/h4-5,8-16,18H,1-3,6-7,17H2. The Morgan fingerprint density at radius 2 is 1.92 bits per heavy atom. The quantitative estimate of drug-likeness (QED) is 0.127. The summed E-state index contributed by atoms with van der Waals surface area (Å²) in [6.45, 7) is 0.164. The second-order valence-corrected chi connectivity index (χ2v) is 10.5. The maximum Gasteiger partial charge on any atom is 0.282 e. The predicted octanol–water partition coefficient (Wildman–Crippen LogP) is 7.23. The minimum absolute atomic E-state index is 0.0997. The Hall–Kier alpha value is -3.56. The van der Waals surface area contributed by atoms with E-state index in [0.717, 1.165) is 42.1 Å². The molecule has 0 radical (unpaired) electrons. The van der Waals surface area contributed by atoms with E-state index in [1.165, 1.54) is 29.1 Å². The molecule has 1 heterocycles. The summed E-state index contributed by atoms with van der Waals surface area (Å²) in [5, 5.41) is 17.0. The van der Waals surface area contributed by atoms with Crippen molar-refractivity contribution >= 4 is 50.3 Å². The van der Waals surface area contributed by atoms with E-state index < -0.39 is 4.92 Å². The van der Waals surface area contributed by atoms with Crippen molar-refractivity contribution < 1.29 is 9.66 Å². The molecule has 0 bridgehead atoms. The number of ether oxygens (including phenoxy) is 1. The van der Waals surface area contributed by atoms with Crippen LogP contribution in [-0.2, 0) is 6.61 Å². The average molecular weight is 596 g/mol. The molecule has 0 aliphatic heterocycles. The molecule has 8 nitrogen and oxygen atoms in total. The predicted molar refractivity (Wildman–Crippen MR) is 151 cm³/mol. The Labute approximate surface area is 232 Å². The van der Waals surface area contributed by atoms with Crippen LogP contribution in [0.3, 0.4) is 0 Å². The molecule has 38 heavy (non-hydrogen) atoms. The van der Waals surface area contributed by atoms with E-state index in [1.54, 1.807) is 12.1 Å². The molecular formula is C28H24BrClN4O4. The summed E-state index contributed by atoms with van der Waals surface area (Å²) in [5.41, 5.74) is 1.34. The summed E-state index contributed by atoms with van der Waals surface area (Å²) in [6, 6.07) is 17.0. The zero-order chi connectivity index (χ0) is 26.6. The Balaban J connectivity index is 1.58. The van der Waals surface area contributed by atoms with Gasteiger partial charge < -0.3 is 4.74 Å². The fourth-order valence-electron chi connectivity index (χ4n) is 4.68. The van der Waals surface area contributed by atoms with Crippen LogP contribution in [0.15, 0.2) is 75.0 Å². The molecule has 0 amide bonds. The molecule has 4 aromatic rings. The molecule has 1 saturated carbocycles. The van der Waals surface area contributed by atoms with Gasteiger partial charge in [0.1, 0.15) is 18.2 Å². The van der Waals surface area contributed by atoms with Gasteiger partial charge in [0.15, 0.2) is 0 Å². The Morgan fingerprint density at radius 3 is 2.68 bits per heavy atom. The molecule has 0 saturated heterocycles. The summed E-state index contributed by atoms with van der Waals surface area (Å²) < 4.78 is 8.08.